The fourth-order valence-electron chi connectivity index (χ4n) is 1.46. The van der Waals surface area contributed by atoms with Crippen molar-refractivity contribution < 1.29 is 4.74 Å². The highest BCUT2D eigenvalue weighted by molar-refractivity contribution is 7.71. The van der Waals surface area contributed by atoms with E-state index in [4.69, 9.17) is 17.0 Å². The van der Waals surface area contributed by atoms with Crippen molar-refractivity contribution in [2.24, 2.45) is 5.92 Å². The van der Waals surface area contributed by atoms with Gasteiger partial charge in [-0.2, -0.15) is 5.10 Å². The molecule has 1 rings (SSSR count). The van der Waals surface area contributed by atoms with Crippen molar-refractivity contribution in [2.75, 3.05) is 13.2 Å². The van der Waals surface area contributed by atoms with Crippen LogP contribution in [0, 0.1) is 10.7 Å². The fraction of sp³-hybridized carbons (Fsp3) is 0.818. The van der Waals surface area contributed by atoms with Crippen LogP contribution in [-0.2, 0) is 11.3 Å². The first kappa shape index (κ1) is 13.4. The first-order valence-electron chi connectivity index (χ1n) is 5.75. The lowest BCUT2D eigenvalue weighted by Crippen LogP contribution is -2.12. The second kappa shape index (κ2) is 6.15. The van der Waals surface area contributed by atoms with Crippen LogP contribution >= 0.6 is 12.2 Å². The second-order valence-electron chi connectivity index (χ2n) is 4.66. The number of ether oxygens (including phenoxy) is 1. The quantitative estimate of drug-likeness (QED) is 0.617. The zero-order valence-electron chi connectivity index (χ0n) is 10.5. The molecule has 0 fully saturated rings. The highest BCUT2D eigenvalue weighted by Gasteiger charge is 2.09. The molecule has 0 saturated heterocycles. The van der Waals surface area contributed by atoms with Gasteiger partial charge in [-0.05, 0) is 18.1 Å². The Bertz CT molecular complexity index is 368. The van der Waals surface area contributed by atoms with Crippen LogP contribution in [0.1, 0.15) is 39.4 Å². The smallest absolute Gasteiger partial charge is 0.195 e. The van der Waals surface area contributed by atoms with Gasteiger partial charge >= 0.3 is 0 Å². The fourth-order valence-corrected chi connectivity index (χ4v) is 1.69. The number of aromatic nitrogens is 3. The Kier molecular flexibility index (Phi) is 5.15. The summed E-state index contributed by atoms with van der Waals surface area (Å²) in [6.07, 6.45) is 0. The monoisotopic (exact) mass is 243 g/mol. The van der Waals surface area contributed by atoms with E-state index in [0.29, 0.717) is 23.2 Å². The molecular weight excluding hydrogens is 222 g/mol. The highest BCUT2D eigenvalue weighted by Crippen LogP contribution is 2.11. The van der Waals surface area contributed by atoms with Gasteiger partial charge in [0.25, 0.3) is 0 Å². The number of rotatable bonds is 6. The molecule has 0 aliphatic heterocycles. The Hall–Kier alpha value is -0.680. The molecule has 0 amide bonds. The summed E-state index contributed by atoms with van der Waals surface area (Å²) in [5.41, 5.74) is 0. The predicted octanol–water partition coefficient (Wildman–Crippen LogP) is 2.74. The van der Waals surface area contributed by atoms with E-state index in [-0.39, 0.29) is 0 Å². The van der Waals surface area contributed by atoms with E-state index in [2.05, 4.69) is 37.9 Å². The molecule has 1 aromatic rings. The van der Waals surface area contributed by atoms with E-state index >= 15 is 0 Å². The summed E-state index contributed by atoms with van der Waals surface area (Å²) < 4.78 is 8.24. The highest BCUT2D eigenvalue weighted by atomic mass is 32.1. The van der Waals surface area contributed by atoms with E-state index in [1.54, 1.807) is 0 Å². The molecule has 0 spiro atoms. The van der Waals surface area contributed by atoms with Crippen molar-refractivity contribution in [1.29, 1.82) is 0 Å². The molecule has 1 heterocycles. The van der Waals surface area contributed by atoms with Gasteiger partial charge in [0.1, 0.15) is 5.82 Å². The number of nitrogens with zero attached hydrogens (tertiary/aromatic N) is 2. The first-order chi connectivity index (χ1) is 7.52. The molecule has 0 atom stereocenters. The summed E-state index contributed by atoms with van der Waals surface area (Å²) >= 11 is 5.18. The molecular formula is C11H21N3OS. The molecule has 0 aromatic carbocycles. The Morgan fingerprint density at radius 2 is 2.06 bits per heavy atom. The minimum Gasteiger partial charge on any atom is -0.379 e. The van der Waals surface area contributed by atoms with Gasteiger partial charge in [-0.3, -0.25) is 5.10 Å². The Labute approximate surface area is 102 Å². The van der Waals surface area contributed by atoms with Crippen LogP contribution in [0.2, 0.25) is 0 Å². The van der Waals surface area contributed by atoms with E-state index in [1.807, 2.05) is 4.57 Å². The molecule has 0 saturated carbocycles. The number of hydrogen-bond acceptors (Lipinski definition) is 3. The van der Waals surface area contributed by atoms with Crippen LogP contribution < -0.4 is 0 Å². The van der Waals surface area contributed by atoms with Crippen molar-refractivity contribution in [3.63, 3.8) is 0 Å². The van der Waals surface area contributed by atoms with E-state index in [9.17, 15) is 0 Å². The average Bonchev–Trinajstić information content (AvgIpc) is 2.54. The predicted molar refractivity (Wildman–Crippen MR) is 67.2 cm³/mol. The zero-order valence-corrected chi connectivity index (χ0v) is 11.3. The molecule has 1 aromatic heterocycles. The van der Waals surface area contributed by atoms with Crippen LogP contribution in [0.4, 0.5) is 0 Å². The maximum absolute atomic E-state index is 5.55. The summed E-state index contributed by atoms with van der Waals surface area (Å²) in [5.74, 6) is 1.94. The van der Waals surface area contributed by atoms with Crippen LogP contribution in [0.5, 0.6) is 0 Å². The lowest BCUT2D eigenvalue weighted by molar-refractivity contribution is 0.102. The average molecular weight is 243 g/mol. The summed E-state index contributed by atoms with van der Waals surface area (Å²) in [4.78, 5) is 0. The minimum atomic E-state index is 0.373. The number of nitrogens with one attached hydrogen (secondary N) is 1. The van der Waals surface area contributed by atoms with Gasteiger partial charge in [-0.25, -0.2) is 0 Å². The van der Waals surface area contributed by atoms with Gasteiger partial charge in [0, 0.05) is 12.5 Å². The van der Waals surface area contributed by atoms with Crippen LogP contribution in [0.15, 0.2) is 0 Å². The first-order valence-corrected chi connectivity index (χ1v) is 6.16. The molecule has 1 N–H and O–H groups in total. The summed E-state index contributed by atoms with van der Waals surface area (Å²) in [7, 11) is 0. The molecule has 92 valence electrons. The minimum absolute atomic E-state index is 0.373. The van der Waals surface area contributed by atoms with Gasteiger partial charge in [-0.1, -0.05) is 27.7 Å². The Morgan fingerprint density at radius 3 is 2.62 bits per heavy atom. The Morgan fingerprint density at radius 1 is 1.38 bits per heavy atom. The number of H-pyrrole nitrogens is 1. The molecule has 0 aliphatic rings. The van der Waals surface area contributed by atoms with Crippen molar-refractivity contribution in [3.05, 3.63) is 10.6 Å². The summed E-state index contributed by atoms with van der Waals surface area (Å²) in [6, 6.07) is 0. The standard InChI is InChI=1S/C11H21N3OS/c1-8(2)7-15-6-5-14-10(9(3)4)12-13-11(14)16/h8-9H,5-7H2,1-4H3,(H,13,16). The zero-order chi connectivity index (χ0) is 12.1. The molecule has 5 heteroatoms. The lowest BCUT2D eigenvalue weighted by atomic mass is 10.2. The summed E-state index contributed by atoms with van der Waals surface area (Å²) in [6.45, 7) is 10.8. The SMILES string of the molecule is CC(C)COCCn1c(C(C)C)n[nH]c1=S. The maximum Gasteiger partial charge on any atom is 0.195 e. The largest absolute Gasteiger partial charge is 0.379 e. The van der Waals surface area contributed by atoms with Crippen molar-refractivity contribution in [3.8, 4) is 0 Å². The topological polar surface area (TPSA) is 42.8 Å². The maximum atomic E-state index is 5.55. The van der Waals surface area contributed by atoms with Crippen molar-refractivity contribution in [2.45, 2.75) is 40.2 Å². The molecule has 0 unspecified atom stereocenters. The van der Waals surface area contributed by atoms with Gasteiger partial charge in [0.2, 0.25) is 0 Å². The van der Waals surface area contributed by atoms with Gasteiger partial charge < -0.3 is 9.30 Å². The summed E-state index contributed by atoms with van der Waals surface area (Å²) in [5, 5.41) is 7.05. The third-order valence-electron chi connectivity index (χ3n) is 2.21. The van der Waals surface area contributed by atoms with Crippen molar-refractivity contribution in [1.82, 2.24) is 14.8 Å². The van der Waals surface area contributed by atoms with E-state index in [1.165, 1.54) is 0 Å². The molecule has 4 nitrogen and oxygen atoms in total. The van der Waals surface area contributed by atoms with Gasteiger partial charge in [0.05, 0.1) is 13.2 Å². The van der Waals surface area contributed by atoms with E-state index < -0.39 is 0 Å². The van der Waals surface area contributed by atoms with Gasteiger partial charge in [-0.15, -0.1) is 0 Å². The lowest BCUT2D eigenvalue weighted by Gasteiger charge is -2.10. The van der Waals surface area contributed by atoms with Crippen LogP contribution in [0.3, 0.4) is 0 Å². The van der Waals surface area contributed by atoms with E-state index in [0.717, 1.165) is 19.0 Å². The third-order valence-corrected chi connectivity index (χ3v) is 2.53. The van der Waals surface area contributed by atoms with Gasteiger partial charge in [0.15, 0.2) is 4.77 Å². The molecule has 0 bridgehead atoms. The number of aromatic amines is 1. The second-order valence-corrected chi connectivity index (χ2v) is 5.05. The van der Waals surface area contributed by atoms with Crippen molar-refractivity contribution >= 4 is 12.2 Å². The third kappa shape index (κ3) is 3.72. The Balaban J connectivity index is 2.53. The molecule has 0 radical (unpaired) electrons. The van der Waals surface area contributed by atoms with Crippen LogP contribution in [-0.4, -0.2) is 28.0 Å². The van der Waals surface area contributed by atoms with Crippen LogP contribution in [0.25, 0.3) is 0 Å². The molecule has 16 heavy (non-hydrogen) atoms. The number of hydrogen-bond donors (Lipinski definition) is 1. The normalized spacial score (nSPS) is 11.6. The molecule has 0 aliphatic carbocycles.